The molecule has 3 rings (SSSR count). The highest BCUT2D eigenvalue weighted by Crippen LogP contribution is 2.37. The maximum absolute atomic E-state index is 14.2. The average Bonchev–Trinajstić information content (AvgIpc) is 3.05. The third-order valence-corrected chi connectivity index (χ3v) is 9.60. The summed E-state index contributed by atoms with van der Waals surface area (Å²) in [6, 6.07) is 9.85. The second kappa shape index (κ2) is 21.0. The lowest BCUT2D eigenvalue weighted by molar-refractivity contribution is 0.0517. The Morgan fingerprint density at radius 3 is 1.53 bits per heavy atom. The van der Waals surface area contributed by atoms with Gasteiger partial charge < -0.3 is 4.90 Å². The van der Waals surface area contributed by atoms with Gasteiger partial charge in [0.05, 0.1) is 0 Å². The van der Waals surface area contributed by atoms with Gasteiger partial charge in [-0.1, -0.05) is 154 Å². The van der Waals surface area contributed by atoms with E-state index in [9.17, 15) is 9.59 Å². The first-order valence-corrected chi connectivity index (χ1v) is 18.5. The van der Waals surface area contributed by atoms with Crippen molar-refractivity contribution in [2.45, 2.75) is 148 Å². The summed E-state index contributed by atoms with van der Waals surface area (Å²) in [5.74, 6) is -0.239. The van der Waals surface area contributed by atoms with Crippen molar-refractivity contribution in [3.63, 3.8) is 0 Å². The summed E-state index contributed by atoms with van der Waals surface area (Å²) in [5.41, 5.74) is 2.32. The van der Waals surface area contributed by atoms with E-state index in [0.29, 0.717) is 24.2 Å². The van der Waals surface area contributed by atoms with Gasteiger partial charge in [0, 0.05) is 46.7 Å². The van der Waals surface area contributed by atoms with Crippen molar-refractivity contribution in [2.24, 2.45) is 0 Å². The molecule has 0 saturated heterocycles. The highest BCUT2D eigenvalue weighted by molar-refractivity contribution is 6.27. The lowest BCUT2D eigenvalue weighted by Crippen LogP contribution is -2.47. The quantitative estimate of drug-likeness (QED) is 0.0601. The molecule has 2 amide bonds. The topological polar surface area (TPSA) is 40.6 Å². The monoisotopic (exact) mass is 614 g/mol. The largest absolute Gasteiger partial charge is 0.364 e. The van der Waals surface area contributed by atoms with E-state index >= 15 is 0 Å². The van der Waals surface area contributed by atoms with Gasteiger partial charge in [0.1, 0.15) is 0 Å². The summed E-state index contributed by atoms with van der Waals surface area (Å²) < 4.78 is 0. The first-order chi connectivity index (χ1) is 22.1. The third-order valence-electron chi connectivity index (χ3n) is 9.60. The molecule has 4 nitrogen and oxygen atoms in total. The van der Waals surface area contributed by atoms with Crippen LogP contribution >= 0.6 is 0 Å². The van der Waals surface area contributed by atoms with E-state index in [1.807, 2.05) is 42.5 Å². The van der Waals surface area contributed by atoms with Crippen molar-refractivity contribution >= 4 is 28.3 Å². The summed E-state index contributed by atoms with van der Waals surface area (Å²) >= 11 is 0. The number of anilines is 1. The molecule has 45 heavy (non-hydrogen) atoms. The van der Waals surface area contributed by atoms with Crippen LogP contribution in [-0.2, 0) is 0 Å². The van der Waals surface area contributed by atoms with Gasteiger partial charge in [-0.2, -0.15) is 0 Å². The lowest BCUT2D eigenvalue weighted by atomic mass is 9.90. The van der Waals surface area contributed by atoms with Crippen molar-refractivity contribution in [1.82, 2.24) is 4.90 Å². The third kappa shape index (κ3) is 10.9. The number of hydrogen-bond acceptors (Lipinski definition) is 3. The van der Waals surface area contributed by atoms with Gasteiger partial charge in [0.25, 0.3) is 11.8 Å². The molecule has 1 heterocycles. The predicted octanol–water partition coefficient (Wildman–Crippen LogP) is 11.8. The van der Waals surface area contributed by atoms with Gasteiger partial charge in [0.2, 0.25) is 0 Å². The van der Waals surface area contributed by atoms with Crippen LogP contribution in [0.1, 0.15) is 163 Å². The number of rotatable bonds is 26. The fourth-order valence-corrected chi connectivity index (χ4v) is 7.07. The Balaban J connectivity index is 1.72. The fraction of sp³-hybridized carbons (Fsp3) is 0.610. The van der Waals surface area contributed by atoms with E-state index in [2.05, 4.69) is 31.9 Å². The Labute approximate surface area is 275 Å². The first kappa shape index (κ1) is 36.6. The summed E-state index contributed by atoms with van der Waals surface area (Å²) in [7, 11) is 0. The highest BCUT2D eigenvalue weighted by atomic mass is 16.2. The second-order valence-electron chi connectivity index (χ2n) is 13.2. The van der Waals surface area contributed by atoms with E-state index in [-0.39, 0.29) is 17.9 Å². The maximum Gasteiger partial charge on any atom is 0.261 e. The smallest absolute Gasteiger partial charge is 0.261 e. The van der Waals surface area contributed by atoms with Crippen LogP contribution in [0.2, 0.25) is 0 Å². The van der Waals surface area contributed by atoms with Crippen molar-refractivity contribution in [3.05, 3.63) is 66.8 Å². The van der Waals surface area contributed by atoms with Crippen LogP contribution in [0.5, 0.6) is 0 Å². The Morgan fingerprint density at radius 2 is 1.07 bits per heavy atom. The number of unbranched alkanes of at least 4 members (excludes halogenated alkanes) is 16. The molecule has 0 unspecified atom stereocenters. The summed E-state index contributed by atoms with van der Waals surface area (Å²) in [5, 5.41) is 1.74. The van der Waals surface area contributed by atoms with Gasteiger partial charge in [-0.15, -0.1) is 13.2 Å². The second-order valence-corrected chi connectivity index (χ2v) is 13.2. The molecule has 0 bridgehead atoms. The molecule has 1 aliphatic rings. The highest BCUT2D eigenvalue weighted by Gasteiger charge is 2.37. The molecule has 2 aromatic carbocycles. The molecule has 0 aromatic heterocycles. The number of carbonyl (C=O) groups is 2. The predicted molar refractivity (Wildman–Crippen MR) is 195 cm³/mol. The molecule has 0 fully saturated rings. The van der Waals surface area contributed by atoms with Gasteiger partial charge >= 0.3 is 0 Å². The zero-order valence-electron chi connectivity index (χ0n) is 28.8. The number of amides is 2. The van der Waals surface area contributed by atoms with Gasteiger partial charge in [0.15, 0.2) is 0 Å². The first-order valence-electron chi connectivity index (χ1n) is 18.5. The Kier molecular flexibility index (Phi) is 17.1. The van der Waals surface area contributed by atoms with Crippen molar-refractivity contribution in [1.29, 1.82) is 0 Å². The number of benzene rings is 2. The van der Waals surface area contributed by atoms with E-state index in [1.54, 1.807) is 4.90 Å². The van der Waals surface area contributed by atoms with Crippen LogP contribution in [0.15, 0.2) is 55.6 Å². The van der Waals surface area contributed by atoms with E-state index in [4.69, 9.17) is 0 Å². The number of carbonyl (C=O) groups excluding carboxylic acids is 2. The minimum Gasteiger partial charge on any atom is -0.364 e. The minimum absolute atomic E-state index is 0.0415. The average molecular weight is 615 g/mol. The summed E-state index contributed by atoms with van der Waals surface area (Å²) in [6.45, 7) is 13.7. The summed E-state index contributed by atoms with van der Waals surface area (Å²) in [6.07, 6.45) is 28.4. The molecule has 0 saturated carbocycles. The van der Waals surface area contributed by atoms with Crippen LogP contribution in [0.25, 0.3) is 10.8 Å². The van der Waals surface area contributed by atoms with Crippen LogP contribution < -0.4 is 4.90 Å². The molecule has 1 aliphatic heterocycles. The number of hydrogen-bond donors (Lipinski definition) is 0. The molecular formula is C41H62N2O2. The van der Waals surface area contributed by atoms with Crippen molar-refractivity contribution in [3.8, 4) is 0 Å². The zero-order chi connectivity index (χ0) is 32.3. The molecule has 0 radical (unpaired) electrons. The zero-order valence-corrected chi connectivity index (χ0v) is 28.8. The lowest BCUT2D eigenvalue weighted by Gasteiger charge is -2.35. The van der Waals surface area contributed by atoms with Crippen LogP contribution in [0.4, 0.5) is 5.69 Å². The van der Waals surface area contributed by atoms with Crippen LogP contribution in [0, 0.1) is 0 Å². The maximum atomic E-state index is 14.2. The van der Waals surface area contributed by atoms with Gasteiger partial charge in [-0.25, -0.2) is 0 Å². The molecule has 0 atom stereocenters. The SMILES string of the molecule is C=CCN(CC=C)c1ccc2c3c(cccc13)C(=O)N(C(CCCCCCCCCCC)CCCCCCCCCCC)C2=O. The Morgan fingerprint density at radius 1 is 0.622 bits per heavy atom. The van der Waals surface area contributed by atoms with Gasteiger partial charge in [-0.3, -0.25) is 14.5 Å². The number of nitrogens with zero attached hydrogens (tertiary/aromatic N) is 2. The molecule has 4 heteroatoms. The molecule has 0 spiro atoms. The molecule has 0 N–H and O–H groups in total. The fourth-order valence-electron chi connectivity index (χ4n) is 7.07. The van der Waals surface area contributed by atoms with Crippen molar-refractivity contribution < 1.29 is 9.59 Å². The van der Waals surface area contributed by atoms with Crippen LogP contribution in [0.3, 0.4) is 0 Å². The van der Waals surface area contributed by atoms with Gasteiger partial charge in [-0.05, 0) is 31.0 Å². The molecule has 2 aromatic rings. The van der Waals surface area contributed by atoms with E-state index < -0.39 is 0 Å². The van der Waals surface area contributed by atoms with Crippen LogP contribution in [-0.4, -0.2) is 35.8 Å². The van der Waals surface area contributed by atoms with E-state index in [0.717, 1.165) is 42.1 Å². The standard InChI is InChI=1S/C41H62N2O2/c1-5-9-11-13-15-17-19-21-23-26-34(27-24-22-20-18-16-14-12-10-6-2)43-40(44)36-29-25-28-35-38(42(32-7-3)33-8-4)31-30-37(39(35)36)41(43)45/h7-8,25,28-31,34H,3-6,9-24,26-27,32-33H2,1-2H3. The number of imide groups is 1. The Bertz CT molecular complexity index is 1150. The normalized spacial score (nSPS) is 12.8. The summed E-state index contributed by atoms with van der Waals surface area (Å²) in [4.78, 5) is 32.2. The molecule has 248 valence electrons. The minimum atomic E-state index is -0.119. The molecule has 0 aliphatic carbocycles. The molecular weight excluding hydrogens is 552 g/mol. The van der Waals surface area contributed by atoms with Crippen molar-refractivity contribution in [2.75, 3.05) is 18.0 Å². The van der Waals surface area contributed by atoms with E-state index in [1.165, 1.54) is 103 Å². The Hall–Kier alpha value is -2.88.